The van der Waals surface area contributed by atoms with Crippen LogP contribution in [0.2, 0.25) is 0 Å². The molecule has 0 bridgehead atoms. The van der Waals surface area contributed by atoms with Gasteiger partial charge in [0.15, 0.2) is 0 Å². The Labute approximate surface area is 154 Å². The molecule has 0 aromatic carbocycles. The van der Waals surface area contributed by atoms with E-state index in [-0.39, 0.29) is 29.6 Å². The van der Waals surface area contributed by atoms with Gasteiger partial charge in [0.25, 0.3) is 0 Å². The lowest BCUT2D eigenvalue weighted by Crippen LogP contribution is -2.41. The van der Waals surface area contributed by atoms with E-state index < -0.39 is 31.4 Å². The van der Waals surface area contributed by atoms with Crippen LogP contribution in [0.25, 0.3) is 0 Å². The summed E-state index contributed by atoms with van der Waals surface area (Å²) in [5.74, 6) is -0.190. The number of aliphatic hydroxyl groups is 1. The molecule has 1 N–H and O–H groups in total. The van der Waals surface area contributed by atoms with Gasteiger partial charge in [0.05, 0.1) is 5.60 Å². The van der Waals surface area contributed by atoms with Crippen LogP contribution in [0.1, 0.15) is 87.6 Å². The minimum atomic E-state index is -3.26. The summed E-state index contributed by atoms with van der Waals surface area (Å²) < 4.78 is 50.9. The van der Waals surface area contributed by atoms with Crippen molar-refractivity contribution in [2.24, 2.45) is 23.2 Å². The summed E-state index contributed by atoms with van der Waals surface area (Å²) in [4.78, 5) is 24.0. The normalized spacial score (nSPS) is 37.8. The molecule has 0 spiro atoms. The van der Waals surface area contributed by atoms with Crippen molar-refractivity contribution in [1.29, 1.82) is 0 Å². The van der Waals surface area contributed by atoms with Crippen molar-refractivity contribution in [2.45, 2.75) is 91.1 Å². The van der Waals surface area contributed by atoms with Crippen LogP contribution in [0.3, 0.4) is 0 Å². The Morgan fingerprint density at radius 1 is 1.46 bits per heavy atom. The van der Waals surface area contributed by atoms with Gasteiger partial charge in [-0.05, 0) is 69.5 Å². The highest BCUT2D eigenvalue weighted by molar-refractivity contribution is 5.83. The first-order valence-corrected chi connectivity index (χ1v) is 8.98. The fourth-order valence-corrected chi connectivity index (χ4v) is 5.07. The zero-order valence-electron chi connectivity index (χ0n) is 20.9. The standard InChI is InChI=1S/C20H34O4/c1-13(8-11-18(19(3,4)23)24-14(2)21)15-9-10-16-17(22)7-6-12-20(15,16)5/h13,15-16,18,23H,6-12H2,1-5H3/t13-,15-,16+,18-,20-/m1/s1/i3D3,4D3. The molecule has 138 valence electrons. The molecule has 0 aromatic heterocycles. The predicted octanol–water partition coefficient (Wildman–Crippen LogP) is 3.89. The zero-order chi connectivity index (χ0) is 23.1. The number of ether oxygens (including phenoxy) is 1. The van der Waals surface area contributed by atoms with Gasteiger partial charge in [-0.25, -0.2) is 0 Å². The summed E-state index contributed by atoms with van der Waals surface area (Å²) in [6.07, 6.45) is 2.78. The minimum absolute atomic E-state index is 0.0460. The van der Waals surface area contributed by atoms with Crippen LogP contribution in [-0.4, -0.2) is 28.6 Å². The zero-order valence-corrected chi connectivity index (χ0v) is 14.9. The summed E-state index contributed by atoms with van der Waals surface area (Å²) in [5.41, 5.74) is -3.27. The molecular weight excluding hydrogens is 304 g/mol. The molecule has 0 saturated heterocycles. The average molecular weight is 345 g/mol. The third-order valence-corrected chi connectivity index (χ3v) is 6.28. The maximum atomic E-state index is 12.4. The number of ketones is 1. The van der Waals surface area contributed by atoms with Crippen molar-refractivity contribution in [2.75, 3.05) is 0 Å². The minimum Gasteiger partial charge on any atom is -0.460 e. The number of esters is 1. The summed E-state index contributed by atoms with van der Waals surface area (Å²) in [6, 6.07) is 0. The number of carbonyl (C=O) groups excluding carboxylic acids is 2. The summed E-state index contributed by atoms with van der Waals surface area (Å²) >= 11 is 0. The third kappa shape index (κ3) is 4.01. The monoisotopic (exact) mass is 344 g/mol. The van der Waals surface area contributed by atoms with Crippen LogP contribution in [-0.2, 0) is 14.3 Å². The smallest absolute Gasteiger partial charge is 0.303 e. The molecule has 4 heteroatoms. The Hall–Kier alpha value is -0.900. The van der Waals surface area contributed by atoms with Gasteiger partial charge >= 0.3 is 5.97 Å². The molecule has 2 aliphatic rings. The molecule has 2 aliphatic carbocycles. The molecule has 0 aliphatic heterocycles. The highest BCUT2D eigenvalue weighted by Crippen LogP contribution is 2.57. The second kappa shape index (κ2) is 7.15. The van der Waals surface area contributed by atoms with Crippen LogP contribution >= 0.6 is 0 Å². The van der Waals surface area contributed by atoms with Crippen molar-refractivity contribution >= 4 is 11.8 Å². The molecule has 0 aromatic rings. The first kappa shape index (κ1) is 12.5. The Balaban J connectivity index is 2.22. The number of Topliss-reactive ketones (excluding diaryl/α,β-unsaturated/α-hetero) is 1. The van der Waals surface area contributed by atoms with Gasteiger partial charge in [-0.2, -0.15) is 0 Å². The molecule has 2 fully saturated rings. The maximum Gasteiger partial charge on any atom is 0.303 e. The molecule has 0 heterocycles. The van der Waals surface area contributed by atoms with E-state index in [1.54, 1.807) is 0 Å². The van der Waals surface area contributed by atoms with Gasteiger partial charge in [0, 0.05) is 27.5 Å². The predicted molar refractivity (Wildman–Crippen MR) is 93.4 cm³/mol. The molecule has 5 atom stereocenters. The largest absolute Gasteiger partial charge is 0.460 e. The first-order chi connectivity index (χ1) is 13.6. The van der Waals surface area contributed by atoms with E-state index in [9.17, 15) is 14.7 Å². The van der Waals surface area contributed by atoms with Gasteiger partial charge in [-0.15, -0.1) is 0 Å². The molecule has 4 nitrogen and oxygen atoms in total. The molecular formula is C20H34O4. The number of hydrogen-bond acceptors (Lipinski definition) is 4. The summed E-state index contributed by atoms with van der Waals surface area (Å²) in [7, 11) is 0. The van der Waals surface area contributed by atoms with E-state index in [2.05, 4.69) is 6.92 Å². The van der Waals surface area contributed by atoms with Gasteiger partial charge in [-0.3, -0.25) is 9.59 Å². The lowest BCUT2D eigenvalue weighted by Gasteiger charge is -2.42. The third-order valence-electron chi connectivity index (χ3n) is 6.28. The average Bonchev–Trinajstić information content (AvgIpc) is 2.93. The Morgan fingerprint density at radius 3 is 2.79 bits per heavy atom. The van der Waals surface area contributed by atoms with Crippen LogP contribution in [0.5, 0.6) is 0 Å². The van der Waals surface area contributed by atoms with Gasteiger partial charge in [0.1, 0.15) is 11.9 Å². The molecule has 0 unspecified atom stereocenters. The van der Waals surface area contributed by atoms with E-state index in [1.165, 1.54) is 0 Å². The SMILES string of the molecule is [2H]C([2H])([2H])C(O)([C@@H](CC[C@@H](C)[C@H]1CC[C@H]2C(=O)CCC[C@]12C)OC(C)=O)C([2H])([2H])[2H]. The van der Waals surface area contributed by atoms with E-state index in [1.807, 2.05) is 6.92 Å². The van der Waals surface area contributed by atoms with E-state index in [0.29, 0.717) is 18.6 Å². The lowest BCUT2D eigenvalue weighted by molar-refractivity contribution is -0.160. The Morgan fingerprint density at radius 2 is 2.17 bits per heavy atom. The second-order valence-corrected chi connectivity index (χ2v) is 7.98. The van der Waals surface area contributed by atoms with Crippen molar-refractivity contribution in [3.05, 3.63) is 0 Å². The number of rotatable bonds is 6. The van der Waals surface area contributed by atoms with Crippen LogP contribution in [0.4, 0.5) is 0 Å². The van der Waals surface area contributed by atoms with Crippen LogP contribution in [0, 0.1) is 23.2 Å². The van der Waals surface area contributed by atoms with E-state index in [4.69, 9.17) is 13.0 Å². The molecule has 0 radical (unpaired) electrons. The summed E-state index contributed by atoms with van der Waals surface area (Å²) in [6.45, 7) is -1.31. The van der Waals surface area contributed by atoms with Crippen LogP contribution < -0.4 is 0 Å². The quantitative estimate of drug-likeness (QED) is 0.743. The van der Waals surface area contributed by atoms with Crippen molar-refractivity contribution in [3.63, 3.8) is 0 Å². The molecule has 24 heavy (non-hydrogen) atoms. The fraction of sp³-hybridized carbons (Fsp3) is 0.900. The van der Waals surface area contributed by atoms with E-state index in [0.717, 1.165) is 32.6 Å². The maximum absolute atomic E-state index is 12.4. The lowest BCUT2D eigenvalue weighted by atomic mass is 9.62. The number of carbonyl (C=O) groups is 2. The number of fused-ring (bicyclic) bond motifs is 1. The first-order valence-electron chi connectivity index (χ1n) is 12.0. The summed E-state index contributed by atoms with van der Waals surface area (Å²) in [5, 5.41) is 10.8. The Kier molecular flexibility index (Phi) is 3.71. The molecule has 0 amide bonds. The van der Waals surface area contributed by atoms with Crippen molar-refractivity contribution in [1.82, 2.24) is 0 Å². The van der Waals surface area contributed by atoms with Crippen molar-refractivity contribution < 1.29 is 27.7 Å². The second-order valence-electron chi connectivity index (χ2n) is 7.98. The number of hydrogen-bond donors (Lipinski definition) is 1. The van der Waals surface area contributed by atoms with Crippen LogP contribution in [0.15, 0.2) is 0 Å². The topological polar surface area (TPSA) is 63.6 Å². The van der Waals surface area contributed by atoms with Crippen molar-refractivity contribution in [3.8, 4) is 0 Å². The Bertz CT molecular complexity index is 645. The van der Waals surface area contributed by atoms with E-state index >= 15 is 0 Å². The van der Waals surface area contributed by atoms with Gasteiger partial charge < -0.3 is 9.84 Å². The highest BCUT2D eigenvalue weighted by Gasteiger charge is 2.52. The van der Waals surface area contributed by atoms with Gasteiger partial charge in [0.2, 0.25) is 0 Å². The van der Waals surface area contributed by atoms with Gasteiger partial charge in [-0.1, -0.05) is 13.8 Å². The molecule has 2 rings (SSSR count). The highest BCUT2D eigenvalue weighted by atomic mass is 16.6. The fourth-order valence-electron chi connectivity index (χ4n) is 5.07. The molecule has 2 saturated carbocycles.